The zero-order chi connectivity index (χ0) is 17.8. The highest BCUT2D eigenvalue weighted by molar-refractivity contribution is 6.03. The monoisotopic (exact) mass is 345 g/mol. The normalized spacial score (nSPS) is 16.6. The molecule has 2 N–H and O–H groups in total. The molecule has 0 radical (unpaired) electrons. The summed E-state index contributed by atoms with van der Waals surface area (Å²) < 4.78 is 11.6. The maximum Gasteiger partial charge on any atom is 0.328 e. The first-order chi connectivity index (χ1) is 12.1. The molecule has 132 valence electrons. The first-order valence-corrected chi connectivity index (χ1v) is 7.98. The molecule has 0 spiro atoms. The predicted octanol–water partition coefficient (Wildman–Crippen LogP) is 0.976. The first kappa shape index (κ1) is 17.0. The third-order valence-corrected chi connectivity index (χ3v) is 4.04. The van der Waals surface area contributed by atoms with E-state index in [1.807, 2.05) is 0 Å². The lowest BCUT2D eigenvalue weighted by atomic mass is 10.2. The Morgan fingerprint density at radius 3 is 3.00 bits per heavy atom. The third kappa shape index (κ3) is 3.80. The van der Waals surface area contributed by atoms with Crippen LogP contribution in [0.4, 0.5) is 5.69 Å². The molecule has 1 saturated heterocycles. The summed E-state index contributed by atoms with van der Waals surface area (Å²) in [5.41, 5.74) is -0.848. The molecule has 8 heteroatoms. The number of benzene rings is 1. The van der Waals surface area contributed by atoms with Crippen LogP contribution in [-0.4, -0.2) is 35.3 Å². The van der Waals surface area contributed by atoms with Crippen LogP contribution in [0, 0.1) is 0 Å². The Hall–Kier alpha value is -2.87. The molecular formula is C17H19N3O5. The van der Waals surface area contributed by atoms with Crippen molar-refractivity contribution in [2.75, 3.05) is 19.0 Å². The number of carbonyl (C=O) groups excluding carboxylic acids is 1. The molecule has 1 aromatic carbocycles. The molecular weight excluding hydrogens is 326 g/mol. The average Bonchev–Trinajstić information content (AvgIpc) is 3.12. The lowest BCUT2D eigenvalue weighted by molar-refractivity contribution is 0.0941. The summed E-state index contributed by atoms with van der Waals surface area (Å²) >= 11 is 0. The molecule has 1 aliphatic rings. The van der Waals surface area contributed by atoms with Crippen molar-refractivity contribution < 1.29 is 14.3 Å². The number of anilines is 1. The van der Waals surface area contributed by atoms with Gasteiger partial charge in [0.05, 0.1) is 19.8 Å². The molecule has 1 atom stereocenters. The lowest BCUT2D eigenvalue weighted by Crippen LogP contribution is -2.41. The number of carbonyl (C=O) groups is 1. The molecule has 1 aromatic heterocycles. The van der Waals surface area contributed by atoms with Gasteiger partial charge in [-0.15, -0.1) is 0 Å². The first-order valence-electron chi connectivity index (χ1n) is 7.98. The van der Waals surface area contributed by atoms with Gasteiger partial charge in [-0.2, -0.15) is 0 Å². The largest absolute Gasteiger partial charge is 0.497 e. The molecule has 2 aromatic rings. The minimum absolute atomic E-state index is 0.133. The van der Waals surface area contributed by atoms with Crippen LogP contribution in [0.1, 0.15) is 23.2 Å². The van der Waals surface area contributed by atoms with Crippen molar-refractivity contribution in [1.29, 1.82) is 0 Å². The molecule has 1 fully saturated rings. The van der Waals surface area contributed by atoms with Gasteiger partial charge in [-0.3, -0.25) is 14.2 Å². The highest BCUT2D eigenvalue weighted by Crippen LogP contribution is 2.17. The number of hydrogen-bond acceptors (Lipinski definition) is 5. The maximum atomic E-state index is 12.5. The fourth-order valence-electron chi connectivity index (χ4n) is 2.73. The van der Waals surface area contributed by atoms with Crippen LogP contribution in [0.5, 0.6) is 5.75 Å². The van der Waals surface area contributed by atoms with E-state index in [-0.39, 0.29) is 18.2 Å². The smallest absolute Gasteiger partial charge is 0.328 e. The van der Waals surface area contributed by atoms with Crippen molar-refractivity contribution >= 4 is 11.6 Å². The van der Waals surface area contributed by atoms with Gasteiger partial charge >= 0.3 is 5.69 Å². The summed E-state index contributed by atoms with van der Waals surface area (Å²) in [6.07, 6.45) is 2.63. The second-order valence-corrected chi connectivity index (χ2v) is 5.74. The quantitative estimate of drug-likeness (QED) is 0.841. The summed E-state index contributed by atoms with van der Waals surface area (Å²) in [6.45, 7) is 0.752. The Balaban J connectivity index is 1.84. The molecule has 8 nitrogen and oxygen atoms in total. The van der Waals surface area contributed by atoms with Crippen LogP contribution in [0.25, 0.3) is 0 Å². The lowest BCUT2D eigenvalue weighted by Gasteiger charge is -2.12. The maximum absolute atomic E-state index is 12.5. The van der Waals surface area contributed by atoms with Crippen LogP contribution in [-0.2, 0) is 11.3 Å². The molecule has 3 rings (SSSR count). The van der Waals surface area contributed by atoms with E-state index < -0.39 is 17.2 Å². The topological polar surface area (TPSA) is 102 Å². The standard InChI is InChI=1S/C17H19N3O5/c1-24-12-5-2-4-11(8-12)19-15(21)14-9-18-17(23)20(16(14)22)10-13-6-3-7-25-13/h2,4-5,8-9,13H,3,6-7,10H2,1H3,(H,18,23)(H,19,21). The molecule has 0 saturated carbocycles. The van der Waals surface area contributed by atoms with E-state index in [0.29, 0.717) is 18.0 Å². The fourth-order valence-corrected chi connectivity index (χ4v) is 2.73. The van der Waals surface area contributed by atoms with E-state index in [9.17, 15) is 14.4 Å². The molecule has 1 unspecified atom stereocenters. The summed E-state index contributed by atoms with van der Waals surface area (Å²) in [4.78, 5) is 39.3. The second kappa shape index (κ2) is 7.35. The van der Waals surface area contributed by atoms with Crippen molar-refractivity contribution in [2.24, 2.45) is 0 Å². The van der Waals surface area contributed by atoms with Gasteiger partial charge in [0.15, 0.2) is 0 Å². The third-order valence-electron chi connectivity index (χ3n) is 4.04. The second-order valence-electron chi connectivity index (χ2n) is 5.74. The number of hydrogen-bond donors (Lipinski definition) is 2. The van der Waals surface area contributed by atoms with Gasteiger partial charge in [0, 0.05) is 24.6 Å². The predicted molar refractivity (Wildman–Crippen MR) is 91.2 cm³/mol. The van der Waals surface area contributed by atoms with Gasteiger partial charge in [-0.05, 0) is 25.0 Å². The highest BCUT2D eigenvalue weighted by Gasteiger charge is 2.20. The SMILES string of the molecule is COc1cccc(NC(=O)c2c[nH]c(=O)n(CC3CCCO3)c2=O)c1. The summed E-state index contributed by atoms with van der Waals surface area (Å²) in [6, 6.07) is 6.77. The van der Waals surface area contributed by atoms with Gasteiger partial charge in [0.1, 0.15) is 11.3 Å². The number of nitrogens with zero attached hydrogens (tertiary/aromatic N) is 1. The molecule has 1 amide bonds. The van der Waals surface area contributed by atoms with E-state index >= 15 is 0 Å². The Labute approximate surface area is 143 Å². The number of nitrogens with one attached hydrogen (secondary N) is 2. The number of rotatable bonds is 5. The fraction of sp³-hybridized carbons (Fsp3) is 0.353. The minimum Gasteiger partial charge on any atom is -0.497 e. The molecule has 0 aliphatic carbocycles. The van der Waals surface area contributed by atoms with E-state index in [1.54, 1.807) is 24.3 Å². The van der Waals surface area contributed by atoms with E-state index in [2.05, 4.69) is 10.3 Å². The van der Waals surface area contributed by atoms with E-state index in [1.165, 1.54) is 7.11 Å². The molecule has 0 bridgehead atoms. The minimum atomic E-state index is -0.639. The van der Waals surface area contributed by atoms with Gasteiger partial charge in [-0.25, -0.2) is 4.79 Å². The van der Waals surface area contributed by atoms with Gasteiger partial charge < -0.3 is 19.8 Å². The number of methoxy groups -OCH3 is 1. The number of ether oxygens (including phenoxy) is 2. The summed E-state index contributed by atoms with van der Waals surface area (Å²) in [7, 11) is 1.52. The van der Waals surface area contributed by atoms with Crippen LogP contribution in [0.15, 0.2) is 40.1 Å². The van der Waals surface area contributed by atoms with Crippen molar-refractivity contribution in [3.05, 3.63) is 56.9 Å². The van der Waals surface area contributed by atoms with Crippen LogP contribution < -0.4 is 21.3 Å². The Bertz CT molecular complexity index is 880. The average molecular weight is 345 g/mol. The zero-order valence-electron chi connectivity index (χ0n) is 13.8. The van der Waals surface area contributed by atoms with E-state index in [0.717, 1.165) is 23.6 Å². The van der Waals surface area contributed by atoms with Crippen LogP contribution in [0.2, 0.25) is 0 Å². The number of amides is 1. The number of aromatic nitrogens is 2. The molecule has 1 aliphatic heterocycles. The van der Waals surface area contributed by atoms with E-state index in [4.69, 9.17) is 9.47 Å². The Morgan fingerprint density at radius 2 is 2.28 bits per heavy atom. The van der Waals surface area contributed by atoms with Crippen molar-refractivity contribution in [2.45, 2.75) is 25.5 Å². The number of aromatic amines is 1. The molecule has 25 heavy (non-hydrogen) atoms. The Morgan fingerprint density at radius 1 is 1.44 bits per heavy atom. The highest BCUT2D eigenvalue weighted by atomic mass is 16.5. The van der Waals surface area contributed by atoms with Crippen molar-refractivity contribution in [1.82, 2.24) is 9.55 Å². The summed E-state index contributed by atoms with van der Waals surface area (Å²) in [5.74, 6) is -0.0225. The van der Waals surface area contributed by atoms with Crippen LogP contribution >= 0.6 is 0 Å². The Kier molecular flexibility index (Phi) is 4.99. The van der Waals surface area contributed by atoms with Crippen molar-refractivity contribution in [3.63, 3.8) is 0 Å². The number of H-pyrrole nitrogens is 1. The van der Waals surface area contributed by atoms with Gasteiger partial charge in [0.2, 0.25) is 0 Å². The molecule has 2 heterocycles. The van der Waals surface area contributed by atoms with Crippen molar-refractivity contribution in [3.8, 4) is 5.75 Å². The summed E-state index contributed by atoms with van der Waals surface area (Å²) in [5, 5.41) is 2.63. The zero-order valence-corrected chi connectivity index (χ0v) is 13.8. The van der Waals surface area contributed by atoms with Gasteiger partial charge in [0.25, 0.3) is 11.5 Å². The van der Waals surface area contributed by atoms with Gasteiger partial charge in [-0.1, -0.05) is 6.07 Å². The van der Waals surface area contributed by atoms with Crippen LogP contribution in [0.3, 0.4) is 0 Å².